The Morgan fingerprint density at radius 3 is 3.00 bits per heavy atom. The second-order valence-corrected chi connectivity index (χ2v) is 5.22. The Morgan fingerprint density at radius 2 is 2.22 bits per heavy atom. The van der Waals surface area contributed by atoms with E-state index in [9.17, 15) is 14.0 Å². The molecule has 3 rings (SSSR count). The zero-order chi connectivity index (χ0) is 16.4. The molecule has 1 amide bonds. The van der Waals surface area contributed by atoms with Crippen LogP contribution in [0.3, 0.4) is 0 Å². The number of ether oxygens (including phenoxy) is 3. The minimum absolute atomic E-state index is 0.0446. The molecule has 2 aliphatic rings. The molecule has 0 spiro atoms. The fourth-order valence-corrected chi connectivity index (χ4v) is 2.63. The standard InChI is InChI=1S/C16H16FNO5/c1-2-21-16(20)9-3-4-10(7-9)18-15(19)13-11(17)5-6-12-14(13)23-8-22-12/h3,5-6,10H,2,4,7-8H2,1H3,(H,18,19). The second-order valence-electron chi connectivity index (χ2n) is 5.22. The van der Waals surface area contributed by atoms with Gasteiger partial charge in [0.15, 0.2) is 11.5 Å². The number of hydrogen-bond acceptors (Lipinski definition) is 5. The second kappa shape index (κ2) is 6.28. The SMILES string of the molecule is CCOC(=O)C1=CCC(NC(=O)c2c(F)ccc3c2OCO3)C1. The van der Waals surface area contributed by atoms with Gasteiger partial charge in [-0.25, -0.2) is 9.18 Å². The lowest BCUT2D eigenvalue weighted by molar-refractivity contribution is -0.138. The first-order valence-electron chi connectivity index (χ1n) is 7.35. The Hall–Kier alpha value is -2.57. The summed E-state index contributed by atoms with van der Waals surface area (Å²) >= 11 is 0. The minimum Gasteiger partial charge on any atom is -0.463 e. The zero-order valence-electron chi connectivity index (χ0n) is 12.6. The van der Waals surface area contributed by atoms with E-state index in [2.05, 4.69) is 5.32 Å². The van der Waals surface area contributed by atoms with Gasteiger partial charge in [0.1, 0.15) is 11.4 Å². The Balaban J connectivity index is 1.68. The van der Waals surface area contributed by atoms with E-state index in [1.54, 1.807) is 13.0 Å². The van der Waals surface area contributed by atoms with Gasteiger partial charge >= 0.3 is 5.97 Å². The van der Waals surface area contributed by atoms with Crippen molar-refractivity contribution in [2.75, 3.05) is 13.4 Å². The van der Waals surface area contributed by atoms with Crippen molar-refractivity contribution in [3.05, 3.63) is 35.2 Å². The van der Waals surface area contributed by atoms with Gasteiger partial charge in [-0.15, -0.1) is 0 Å². The lowest BCUT2D eigenvalue weighted by Crippen LogP contribution is -2.34. The van der Waals surface area contributed by atoms with Crippen LogP contribution in [0.15, 0.2) is 23.8 Å². The highest BCUT2D eigenvalue weighted by molar-refractivity contribution is 5.98. The molecule has 7 heteroatoms. The number of rotatable bonds is 4. The van der Waals surface area contributed by atoms with E-state index in [1.807, 2.05) is 0 Å². The molecule has 6 nitrogen and oxygen atoms in total. The van der Waals surface area contributed by atoms with E-state index in [-0.39, 0.29) is 30.1 Å². The van der Waals surface area contributed by atoms with Crippen molar-refractivity contribution in [1.82, 2.24) is 5.32 Å². The summed E-state index contributed by atoms with van der Waals surface area (Å²) in [5.41, 5.74) is 0.347. The van der Waals surface area contributed by atoms with Crippen LogP contribution < -0.4 is 14.8 Å². The van der Waals surface area contributed by atoms with Crippen LogP contribution in [0, 0.1) is 5.82 Å². The van der Waals surface area contributed by atoms with Gasteiger partial charge < -0.3 is 19.5 Å². The fourth-order valence-electron chi connectivity index (χ4n) is 2.63. The van der Waals surface area contributed by atoms with Gasteiger partial charge in [-0.1, -0.05) is 6.08 Å². The van der Waals surface area contributed by atoms with E-state index >= 15 is 0 Å². The molecule has 1 aliphatic heterocycles. The summed E-state index contributed by atoms with van der Waals surface area (Å²) < 4.78 is 29.2. The quantitative estimate of drug-likeness (QED) is 0.858. The minimum atomic E-state index is -0.677. The lowest BCUT2D eigenvalue weighted by atomic mass is 10.1. The average molecular weight is 321 g/mol. The summed E-state index contributed by atoms with van der Waals surface area (Å²) in [4.78, 5) is 24.0. The van der Waals surface area contributed by atoms with Gasteiger partial charge in [-0.05, 0) is 31.9 Å². The maximum Gasteiger partial charge on any atom is 0.333 e. The maximum atomic E-state index is 14.0. The Kier molecular flexibility index (Phi) is 4.18. The molecule has 23 heavy (non-hydrogen) atoms. The molecule has 0 bridgehead atoms. The van der Waals surface area contributed by atoms with Gasteiger partial charge in [0.05, 0.1) is 6.61 Å². The summed E-state index contributed by atoms with van der Waals surface area (Å²) in [6, 6.07) is 2.31. The van der Waals surface area contributed by atoms with Crippen LogP contribution in [0.25, 0.3) is 0 Å². The van der Waals surface area contributed by atoms with E-state index in [0.717, 1.165) is 0 Å². The van der Waals surface area contributed by atoms with Crippen molar-refractivity contribution in [3.63, 3.8) is 0 Å². The molecule has 122 valence electrons. The molecule has 1 aromatic rings. The Morgan fingerprint density at radius 1 is 1.39 bits per heavy atom. The average Bonchev–Trinajstić information content (AvgIpc) is 3.16. The van der Waals surface area contributed by atoms with E-state index in [4.69, 9.17) is 14.2 Å². The molecule has 1 heterocycles. The highest BCUT2D eigenvalue weighted by atomic mass is 19.1. The highest BCUT2D eigenvalue weighted by Gasteiger charge is 2.29. The summed E-state index contributed by atoms with van der Waals surface area (Å²) in [5.74, 6) is -1.20. The van der Waals surface area contributed by atoms with E-state index in [1.165, 1.54) is 12.1 Å². The van der Waals surface area contributed by atoms with Crippen molar-refractivity contribution in [3.8, 4) is 11.5 Å². The molecule has 0 aromatic heterocycles. The van der Waals surface area contributed by atoms with Gasteiger partial charge in [-0.3, -0.25) is 4.79 Å². The molecule has 1 N–H and O–H groups in total. The van der Waals surface area contributed by atoms with Crippen LogP contribution in [0.2, 0.25) is 0 Å². The number of carbonyl (C=O) groups is 2. The van der Waals surface area contributed by atoms with Crippen molar-refractivity contribution in [2.24, 2.45) is 0 Å². The predicted octanol–water partition coefficient (Wildman–Crippen LogP) is 1.94. The normalized spacial score (nSPS) is 18.5. The van der Waals surface area contributed by atoms with Gasteiger partial charge in [0, 0.05) is 11.6 Å². The summed E-state index contributed by atoms with van der Waals surface area (Å²) in [6.07, 6.45) is 2.58. The monoisotopic (exact) mass is 321 g/mol. The first-order chi connectivity index (χ1) is 11.1. The molecule has 0 radical (unpaired) electrons. The number of nitrogens with one attached hydrogen (secondary N) is 1. The van der Waals surface area contributed by atoms with Crippen LogP contribution in [0.4, 0.5) is 4.39 Å². The van der Waals surface area contributed by atoms with Gasteiger partial charge in [-0.2, -0.15) is 0 Å². The molecule has 0 saturated carbocycles. The van der Waals surface area contributed by atoms with Crippen LogP contribution in [-0.4, -0.2) is 31.3 Å². The molecular weight excluding hydrogens is 305 g/mol. The Labute approximate surface area is 132 Å². The van der Waals surface area contributed by atoms with Crippen LogP contribution in [-0.2, 0) is 9.53 Å². The number of halogens is 1. The number of fused-ring (bicyclic) bond motifs is 1. The number of amides is 1. The van der Waals surface area contributed by atoms with Crippen molar-refractivity contribution >= 4 is 11.9 Å². The molecule has 1 unspecified atom stereocenters. The topological polar surface area (TPSA) is 73.9 Å². The predicted molar refractivity (Wildman–Crippen MR) is 77.7 cm³/mol. The van der Waals surface area contributed by atoms with E-state index in [0.29, 0.717) is 30.8 Å². The first kappa shape index (κ1) is 15.3. The van der Waals surface area contributed by atoms with Crippen molar-refractivity contribution in [1.29, 1.82) is 0 Å². The summed E-state index contributed by atoms with van der Waals surface area (Å²) in [5, 5.41) is 2.72. The summed E-state index contributed by atoms with van der Waals surface area (Å²) in [7, 11) is 0. The third kappa shape index (κ3) is 2.99. The number of hydrogen-bond donors (Lipinski definition) is 1. The number of esters is 1. The lowest BCUT2D eigenvalue weighted by Gasteiger charge is -2.14. The highest BCUT2D eigenvalue weighted by Crippen LogP contribution is 2.37. The molecule has 1 aromatic carbocycles. The maximum absolute atomic E-state index is 14.0. The van der Waals surface area contributed by atoms with Crippen molar-refractivity contribution < 1.29 is 28.2 Å². The largest absolute Gasteiger partial charge is 0.463 e. The Bertz CT molecular complexity index is 685. The smallest absolute Gasteiger partial charge is 0.333 e. The third-order valence-corrected chi connectivity index (χ3v) is 3.70. The number of carbonyl (C=O) groups excluding carboxylic acids is 2. The molecule has 1 aliphatic carbocycles. The molecule has 0 fully saturated rings. The van der Waals surface area contributed by atoms with Crippen molar-refractivity contribution in [2.45, 2.75) is 25.8 Å². The van der Waals surface area contributed by atoms with Crippen LogP contribution in [0.5, 0.6) is 11.5 Å². The van der Waals surface area contributed by atoms with E-state index < -0.39 is 11.7 Å². The van der Waals surface area contributed by atoms with Crippen LogP contribution in [0.1, 0.15) is 30.1 Å². The molecular formula is C16H16FNO5. The van der Waals surface area contributed by atoms with Gasteiger partial charge in [0.2, 0.25) is 6.79 Å². The third-order valence-electron chi connectivity index (χ3n) is 3.70. The number of benzene rings is 1. The molecule has 0 saturated heterocycles. The summed E-state index contributed by atoms with van der Waals surface area (Å²) in [6.45, 7) is 1.98. The fraction of sp³-hybridized carbons (Fsp3) is 0.375. The zero-order valence-corrected chi connectivity index (χ0v) is 12.6. The van der Waals surface area contributed by atoms with Gasteiger partial charge in [0.25, 0.3) is 5.91 Å². The molecule has 1 atom stereocenters. The van der Waals surface area contributed by atoms with Crippen LogP contribution >= 0.6 is 0 Å². The first-order valence-corrected chi connectivity index (χ1v) is 7.35.